The van der Waals surface area contributed by atoms with Crippen LogP contribution >= 0.6 is 0 Å². The van der Waals surface area contributed by atoms with E-state index in [1.165, 1.54) is 0 Å². The highest BCUT2D eigenvalue weighted by atomic mass is 16.5. The number of hydrogen-bond donors (Lipinski definition) is 2. The van der Waals surface area contributed by atoms with Gasteiger partial charge in [-0.2, -0.15) is 0 Å². The number of ether oxygens (including phenoxy) is 1. The molecule has 3 nitrogen and oxygen atoms in total. The van der Waals surface area contributed by atoms with E-state index in [9.17, 15) is 5.11 Å². The van der Waals surface area contributed by atoms with Crippen LogP contribution in [-0.2, 0) is 4.74 Å². The van der Waals surface area contributed by atoms with E-state index in [-0.39, 0.29) is 6.10 Å². The normalized spacial score (nSPS) is 26.4. The molecule has 0 aromatic rings. The largest absolute Gasteiger partial charge is 0.392 e. The lowest BCUT2D eigenvalue weighted by Gasteiger charge is -2.16. The van der Waals surface area contributed by atoms with E-state index in [0.717, 1.165) is 51.4 Å². The highest BCUT2D eigenvalue weighted by molar-refractivity contribution is 4.82. The highest BCUT2D eigenvalue weighted by Crippen LogP contribution is 2.18. The third kappa shape index (κ3) is 5.50. The molecule has 15 heavy (non-hydrogen) atoms. The maximum atomic E-state index is 9.56. The molecule has 2 N–H and O–H groups in total. The first kappa shape index (κ1) is 12.9. The summed E-state index contributed by atoms with van der Waals surface area (Å²) in [5.74, 6) is 0.717. The second kappa shape index (κ2) is 7.20. The minimum Gasteiger partial charge on any atom is -0.392 e. The lowest BCUT2D eigenvalue weighted by atomic mass is 10.1. The third-order valence-electron chi connectivity index (χ3n) is 2.97. The van der Waals surface area contributed by atoms with Crippen LogP contribution in [0.5, 0.6) is 0 Å². The van der Waals surface area contributed by atoms with E-state index < -0.39 is 0 Å². The Kier molecular flexibility index (Phi) is 6.22. The summed E-state index contributed by atoms with van der Waals surface area (Å²) < 4.78 is 5.50. The molecule has 0 spiro atoms. The Hall–Kier alpha value is -0.120. The van der Waals surface area contributed by atoms with Crippen molar-refractivity contribution in [2.75, 3.05) is 19.8 Å². The minimum absolute atomic E-state index is 0.138. The predicted octanol–water partition coefficient (Wildman–Crippen LogP) is 1.55. The zero-order valence-electron chi connectivity index (χ0n) is 10.0. The average molecular weight is 215 g/mol. The summed E-state index contributed by atoms with van der Waals surface area (Å²) in [7, 11) is 0. The summed E-state index contributed by atoms with van der Waals surface area (Å²) >= 11 is 0. The summed E-state index contributed by atoms with van der Waals surface area (Å²) in [4.78, 5) is 0. The lowest BCUT2D eigenvalue weighted by molar-refractivity contribution is 0.111. The van der Waals surface area contributed by atoms with Gasteiger partial charge in [0.05, 0.1) is 12.7 Å². The first-order valence-electron chi connectivity index (χ1n) is 6.19. The van der Waals surface area contributed by atoms with Gasteiger partial charge in [-0.3, -0.25) is 0 Å². The van der Waals surface area contributed by atoms with Crippen molar-refractivity contribution in [3.63, 3.8) is 0 Å². The van der Waals surface area contributed by atoms with E-state index in [1.54, 1.807) is 0 Å². The number of nitrogens with one attached hydrogen (secondary N) is 1. The van der Waals surface area contributed by atoms with Crippen LogP contribution in [0.25, 0.3) is 0 Å². The number of aliphatic hydroxyl groups is 1. The van der Waals surface area contributed by atoms with Crippen molar-refractivity contribution in [3.05, 3.63) is 0 Å². The molecule has 0 bridgehead atoms. The fraction of sp³-hybridized carbons (Fsp3) is 1.00. The lowest BCUT2D eigenvalue weighted by Crippen LogP contribution is -2.37. The molecule has 1 fully saturated rings. The maximum absolute atomic E-state index is 9.56. The molecule has 0 aromatic carbocycles. The van der Waals surface area contributed by atoms with Gasteiger partial charge in [-0.15, -0.1) is 0 Å². The summed E-state index contributed by atoms with van der Waals surface area (Å²) in [6, 6.07) is 0.304. The summed E-state index contributed by atoms with van der Waals surface area (Å²) in [6.45, 7) is 6.88. The van der Waals surface area contributed by atoms with E-state index in [4.69, 9.17) is 4.74 Å². The molecule has 1 aliphatic carbocycles. The summed E-state index contributed by atoms with van der Waals surface area (Å²) in [6.07, 6.45) is 4.19. The van der Waals surface area contributed by atoms with Crippen LogP contribution in [0.1, 0.15) is 39.5 Å². The number of aliphatic hydroxyl groups excluding tert-OH is 1. The highest BCUT2D eigenvalue weighted by Gasteiger charge is 2.23. The van der Waals surface area contributed by atoms with Crippen molar-refractivity contribution < 1.29 is 9.84 Å². The molecular formula is C12H25NO2. The molecule has 3 heteroatoms. The molecule has 0 aliphatic heterocycles. The van der Waals surface area contributed by atoms with Crippen LogP contribution in [0, 0.1) is 5.92 Å². The van der Waals surface area contributed by atoms with Gasteiger partial charge < -0.3 is 15.2 Å². The van der Waals surface area contributed by atoms with Crippen molar-refractivity contribution in [2.45, 2.75) is 51.7 Å². The molecule has 2 atom stereocenters. The second-order valence-electron chi connectivity index (χ2n) is 4.85. The average Bonchev–Trinajstić information content (AvgIpc) is 2.57. The van der Waals surface area contributed by atoms with Crippen LogP contribution in [-0.4, -0.2) is 37.0 Å². The van der Waals surface area contributed by atoms with E-state index in [2.05, 4.69) is 19.2 Å². The van der Waals surface area contributed by atoms with Gasteiger partial charge in [0, 0.05) is 19.2 Å². The van der Waals surface area contributed by atoms with Crippen molar-refractivity contribution in [1.82, 2.24) is 5.32 Å². The first-order valence-corrected chi connectivity index (χ1v) is 6.19. The van der Waals surface area contributed by atoms with E-state index in [1.807, 2.05) is 0 Å². The Labute approximate surface area is 93.2 Å². The van der Waals surface area contributed by atoms with Gasteiger partial charge in [0.25, 0.3) is 0 Å². The Morgan fingerprint density at radius 1 is 1.33 bits per heavy atom. The zero-order valence-corrected chi connectivity index (χ0v) is 10.0. The molecule has 0 saturated heterocycles. The summed E-state index contributed by atoms with van der Waals surface area (Å²) in [5.41, 5.74) is 0. The molecule has 0 unspecified atom stereocenters. The number of rotatable bonds is 7. The van der Waals surface area contributed by atoms with Gasteiger partial charge in [-0.25, -0.2) is 0 Å². The van der Waals surface area contributed by atoms with E-state index in [0.29, 0.717) is 6.04 Å². The molecular weight excluding hydrogens is 190 g/mol. The smallest absolute Gasteiger partial charge is 0.0693 e. The molecule has 0 heterocycles. The van der Waals surface area contributed by atoms with Crippen molar-refractivity contribution in [1.29, 1.82) is 0 Å². The molecule has 1 saturated carbocycles. The SMILES string of the molecule is CC(C)CCOCCN[C@H]1CCC[C@@H]1O. The van der Waals surface area contributed by atoms with Crippen molar-refractivity contribution in [3.8, 4) is 0 Å². The topological polar surface area (TPSA) is 41.5 Å². The Morgan fingerprint density at radius 2 is 2.13 bits per heavy atom. The number of hydrogen-bond acceptors (Lipinski definition) is 3. The van der Waals surface area contributed by atoms with E-state index >= 15 is 0 Å². The van der Waals surface area contributed by atoms with Gasteiger partial charge in [0.1, 0.15) is 0 Å². The molecule has 0 aromatic heterocycles. The molecule has 90 valence electrons. The van der Waals surface area contributed by atoms with Crippen LogP contribution < -0.4 is 5.32 Å². The molecule has 0 radical (unpaired) electrons. The van der Waals surface area contributed by atoms with Gasteiger partial charge in [-0.1, -0.05) is 13.8 Å². The van der Waals surface area contributed by atoms with Crippen LogP contribution in [0.4, 0.5) is 0 Å². The third-order valence-corrected chi connectivity index (χ3v) is 2.97. The Bertz CT molecular complexity index is 162. The van der Waals surface area contributed by atoms with Crippen LogP contribution in [0.2, 0.25) is 0 Å². The standard InChI is InChI=1S/C12H25NO2/c1-10(2)6-8-15-9-7-13-11-4-3-5-12(11)14/h10-14H,3-9H2,1-2H3/t11-,12-/m0/s1. The zero-order chi connectivity index (χ0) is 11.1. The fourth-order valence-corrected chi connectivity index (χ4v) is 1.92. The van der Waals surface area contributed by atoms with Crippen molar-refractivity contribution in [2.24, 2.45) is 5.92 Å². The van der Waals surface area contributed by atoms with Gasteiger partial charge >= 0.3 is 0 Å². The fourth-order valence-electron chi connectivity index (χ4n) is 1.92. The summed E-state index contributed by atoms with van der Waals surface area (Å²) in [5, 5.41) is 12.9. The second-order valence-corrected chi connectivity index (χ2v) is 4.85. The Balaban J connectivity index is 1.88. The quantitative estimate of drug-likeness (QED) is 0.633. The molecule has 0 amide bonds. The van der Waals surface area contributed by atoms with Gasteiger partial charge in [0.2, 0.25) is 0 Å². The first-order chi connectivity index (χ1) is 7.20. The van der Waals surface area contributed by atoms with Crippen LogP contribution in [0.3, 0.4) is 0 Å². The monoisotopic (exact) mass is 215 g/mol. The Morgan fingerprint density at radius 3 is 2.73 bits per heavy atom. The van der Waals surface area contributed by atoms with Gasteiger partial charge in [0.15, 0.2) is 0 Å². The van der Waals surface area contributed by atoms with Gasteiger partial charge in [-0.05, 0) is 31.6 Å². The van der Waals surface area contributed by atoms with Crippen LogP contribution in [0.15, 0.2) is 0 Å². The molecule has 1 rings (SSSR count). The predicted molar refractivity (Wildman–Crippen MR) is 61.9 cm³/mol. The molecule has 1 aliphatic rings. The van der Waals surface area contributed by atoms with Crippen molar-refractivity contribution >= 4 is 0 Å². The minimum atomic E-state index is -0.138. The maximum Gasteiger partial charge on any atom is 0.0693 e.